The zero-order chi connectivity index (χ0) is 18.4. The Morgan fingerprint density at radius 1 is 1.28 bits per heavy atom. The van der Waals surface area contributed by atoms with E-state index in [9.17, 15) is 14.4 Å². The Morgan fingerprint density at radius 3 is 2.48 bits per heavy atom. The first-order chi connectivity index (χ1) is 11.8. The van der Waals surface area contributed by atoms with Crippen LogP contribution in [0.1, 0.15) is 61.3 Å². The summed E-state index contributed by atoms with van der Waals surface area (Å²) in [4.78, 5) is 39.1. The van der Waals surface area contributed by atoms with E-state index in [2.05, 4.69) is 16.8 Å². The second kappa shape index (κ2) is 6.32. The summed E-state index contributed by atoms with van der Waals surface area (Å²) in [7, 11) is 0. The molecule has 0 bridgehead atoms. The van der Waals surface area contributed by atoms with E-state index in [1.807, 2.05) is 26.8 Å². The normalized spacial score (nSPS) is 26.4. The molecule has 1 aromatic heterocycles. The highest BCUT2D eigenvalue weighted by Crippen LogP contribution is 2.36. The lowest BCUT2D eigenvalue weighted by Gasteiger charge is -2.33. The average molecular weight is 345 g/mol. The molecule has 25 heavy (non-hydrogen) atoms. The Balaban J connectivity index is 1.78. The quantitative estimate of drug-likeness (QED) is 0.674. The van der Waals surface area contributed by atoms with Gasteiger partial charge in [-0.2, -0.15) is 0 Å². The summed E-state index contributed by atoms with van der Waals surface area (Å²) in [5.74, 6) is 0.157. The van der Waals surface area contributed by atoms with E-state index >= 15 is 0 Å². The smallest absolute Gasteiger partial charge is 0.325 e. The van der Waals surface area contributed by atoms with Crippen molar-refractivity contribution >= 4 is 17.7 Å². The molecule has 0 radical (unpaired) electrons. The number of carbonyl (C=O) groups excluding carboxylic acids is 3. The first kappa shape index (κ1) is 17.7. The fraction of sp³-hybridized carbons (Fsp3) is 0.632. The number of aryl methyl sites for hydroxylation is 1. The van der Waals surface area contributed by atoms with Crippen LogP contribution >= 0.6 is 0 Å². The molecule has 6 nitrogen and oxygen atoms in total. The number of amides is 3. The third kappa shape index (κ3) is 2.87. The predicted molar refractivity (Wildman–Crippen MR) is 94.5 cm³/mol. The maximum atomic E-state index is 12.9. The first-order valence-corrected chi connectivity index (χ1v) is 9.13. The summed E-state index contributed by atoms with van der Waals surface area (Å²) in [6.45, 7) is 8.66. The Labute approximate surface area is 148 Å². The summed E-state index contributed by atoms with van der Waals surface area (Å²) in [6, 6.07) is 1.41. The van der Waals surface area contributed by atoms with Gasteiger partial charge in [-0.3, -0.25) is 14.5 Å². The van der Waals surface area contributed by atoms with Crippen molar-refractivity contribution in [3.05, 3.63) is 23.0 Å². The third-order valence-corrected chi connectivity index (χ3v) is 5.87. The van der Waals surface area contributed by atoms with Crippen LogP contribution < -0.4 is 5.32 Å². The number of nitrogens with one attached hydrogen (secondary N) is 1. The molecule has 1 spiro atoms. The third-order valence-electron chi connectivity index (χ3n) is 5.87. The number of rotatable bonds is 4. The van der Waals surface area contributed by atoms with Crippen molar-refractivity contribution < 1.29 is 14.4 Å². The summed E-state index contributed by atoms with van der Waals surface area (Å²) >= 11 is 0. The van der Waals surface area contributed by atoms with E-state index in [0.717, 1.165) is 35.7 Å². The molecule has 1 aliphatic heterocycles. The lowest BCUT2D eigenvalue weighted by atomic mass is 9.77. The molecule has 2 heterocycles. The summed E-state index contributed by atoms with van der Waals surface area (Å²) in [5.41, 5.74) is 1.71. The summed E-state index contributed by atoms with van der Waals surface area (Å²) in [6.07, 6.45) is 3.17. The van der Waals surface area contributed by atoms with Gasteiger partial charge in [0.15, 0.2) is 5.78 Å². The van der Waals surface area contributed by atoms with Crippen molar-refractivity contribution in [1.29, 1.82) is 0 Å². The van der Waals surface area contributed by atoms with Crippen LogP contribution in [-0.2, 0) is 11.3 Å². The van der Waals surface area contributed by atoms with Crippen molar-refractivity contribution in [2.45, 2.75) is 65.5 Å². The van der Waals surface area contributed by atoms with E-state index < -0.39 is 11.6 Å². The molecule has 136 valence electrons. The van der Waals surface area contributed by atoms with Crippen LogP contribution in [-0.4, -0.2) is 39.3 Å². The minimum absolute atomic E-state index is 0.183. The molecule has 6 heteroatoms. The maximum absolute atomic E-state index is 12.9. The van der Waals surface area contributed by atoms with Crippen molar-refractivity contribution in [1.82, 2.24) is 14.8 Å². The van der Waals surface area contributed by atoms with Crippen molar-refractivity contribution in [3.63, 3.8) is 0 Å². The molecule has 0 aromatic carbocycles. The fourth-order valence-corrected chi connectivity index (χ4v) is 4.21. The Hall–Kier alpha value is -2.11. The first-order valence-electron chi connectivity index (χ1n) is 9.13. The van der Waals surface area contributed by atoms with Crippen molar-refractivity contribution in [2.75, 3.05) is 6.54 Å². The van der Waals surface area contributed by atoms with Gasteiger partial charge >= 0.3 is 6.03 Å². The van der Waals surface area contributed by atoms with E-state index in [1.165, 1.54) is 0 Å². The minimum atomic E-state index is -0.788. The van der Waals surface area contributed by atoms with Gasteiger partial charge in [0.05, 0.1) is 6.54 Å². The standard InChI is InChI=1S/C19H27N3O3/c1-5-21-13(3)10-15(14(21)4)16(23)11-22-17(24)19(20-18(22)25)8-6-12(2)7-9-19/h10,12H,5-9,11H2,1-4H3,(H,20,25). The molecule has 3 rings (SSSR count). The molecule has 2 fully saturated rings. The molecule has 1 aromatic rings. The maximum Gasteiger partial charge on any atom is 0.325 e. The van der Waals surface area contributed by atoms with Gasteiger partial charge < -0.3 is 9.88 Å². The van der Waals surface area contributed by atoms with Crippen LogP contribution in [0.2, 0.25) is 0 Å². The van der Waals surface area contributed by atoms with Gasteiger partial charge in [-0.05, 0) is 58.4 Å². The summed E-state index contributed by atoms with van der Waals surface area (Å²) in [5, 5.41) is 2.87. The molecule has 1 saturated carbocycles. The molecular formula is C19H27N3O3. The van der Waals surface area contributed by atoms with E-state index in [1.54, 1.807) is 0 Å². The van der Waals surface area contributed by atoms with Crippen LogP contribution in [0.3, 0.4) is 0 Å². The lowest BCUT2D eigenvalue weighted by molar-refractivity contribution is -0.132. The highest BCUT2D eigenvalue weighted by molar-refractivity contribution is 6.11. The van der Waals surface area contributed by atoms with Crippen LogP contribution in [0, 0.1) is 19.8 Å². The number of Topliss-reactive ketones (excluding diaryl/α,β-unsaturated/α-hetero) is 1. The average Bonchev–Trinajstić information content (AvgIpc) is 2.98. The van der Waals surface area contributed by atoms with Gasteiger partial charge in [-0.1, -0.05) is 6.92 Å². The minimum Gasteiger partial charge on any atom is -0.349 e. The zero-order valence-electron chi connectivity index (χ0n) is 15.5. The summed E-state index contributed by atoms with van der Waals surface area (Å²) < 4.78 is 2.06. The number of hydrogen-bond acceptors (Lipinski definition) is 3. The van der Waals surface area contributed by atoms with Crippen LogP contribution in [0.15, 0.2) is 6.07 Å². The largest absolute Gasteiger partial charge is 0.349 e. The van der Waals surface area contributed by atoms with Crippen molar-refractivity contribution in [2.24, 2.45) is 5.92 Å². The number of aromatic nitrogens is 1. The fourth-order valence-electron chi connectivity index (χ4n) is 4.21. The topological polar surface area (TPSA) is 71.4 Å². The van der Waals surface area contributed by atoms with Gasteiger partial charge in [-0.15, -0.1) is 0 Å². The van der Waals surface area contributed by atoms with Gasteiger partial charge in [0.2, 0.25) is 0 Å². The molecule has 3 amide bonds. The van der Waals surface area contributed by atoms with Crippen LogP contribution in [0.4, 0.5) is 4.79 Å². The lowest BCUT2D eigenvalue weighted by Crippen LogP contribution is -2.49. The van der Waals surface area contributed by atoms with Gasteiger partial charge in [0.25, 0.3) is 5.91 Å². The Kier molecular flexibility index (Phi) is 4.47. The van der Waals surface area contributed by atoms with Gasteiger partial charge in [-0.25, -0.2) is 4.79 Å². The monoisotopic (exact) mass is 345 g/mol. The second-order valence-corrected chi connectivity index (χ2v) is 7.54. The Bertz CT molecular complexity index is 727. The van der Waals surface area contributed by atoms with Gasteiger partial charge in [0, 0.05) is 23.5 Å². The molecule has 1 saturated heterocycles. The zero-order valence-corrected chi connectivity index (χ0v) is 15.5. The molecule has 1 aliphatic carbocycles. The number of nitrogens with zero attached hydrogens (tertiary/aromatic N) is 2. The van der Waals surface area contributed by atoms with E-state index in [-0.39, 0.29) is 18.2 Å². The van der Waals surface area contributed by atoms with Gasteiger partial charge in [0.1, 0.15) is 5.54 Å². The van der Waals surface area contributed by atoms with Crippen molar-refractivity contribution in [3.8, 4) is 0 Å². The number of urea groups is 1. The highest BCUT2D eigenvalue weighted by atomic mass is 16.2. The highest BCUT2D eigenvalue weighted by Gasteiger charge is 2.52. The van der Waals surface area contributed by atoms with Crippen LogP contribution in [0.5, 0.6) is 0 Å². The second-order valence-electron chi connectivity index (χ2n) is 7.54. The molecule has 2 aliphatic rings. The molecule has 1 N–H and O–H groups in total. The SMILES string of the molecule is CCn1c(C)cc(C(=O)CN2C(=O)NC3(CCC(C)CC3)C2=O)c1C. The van der Waals surface area contributed by atoms with E-state index in [0.29, 0.717) is 24.3 Å². The van der Waals surface area contributed by atoms with E-state index in [4.69, 9.17) is 0 Å². The number of ketones is 1. The predicted octanol–water partition coefficient (Wildman–Crippen LogP) is 2.81. The molecule has 0 atom stereocenters. The van der Waals surface area contributed by atoms with Crippen LogP contribution in [0.25, 0.3) is 0 Å². The number of imide groups is 1. The number of hydrogen-bond donors (Lipinski definition) is 1. The number of carbonyl (C=O) groups is 3. The Morgan fingerprint density at radius 2 is 1.92 bits per heavy atom. The molecular weight excluding hydrogens is 318 g/mol. The molecule has 0 unspecified atom stereocenters.